The first-order chi connectivity index (χ1) is 9.97. The Morgan fingerprint density at radius 1 is 1.24 bits per heavy atom. The van der Waals surface area contributed by atoms with Crippen molar-refractivity contribution in [2.75, 3.05) is 13.1 Å². The number of hydrogen-bond donors (Lipinski definition) is 3. The van der Waals surface area contributed by atoms with Crippen molar-refractivity contribution in [1.29, 1.82) is 0 Å². The van der Waals surface area contributed by atoms with Gasteiger partial charge in [0.15, 0.2) is 0 Å². The molecule has 0 aromatic heterocycles. The third kappa shape index (κ3) is 3.95. The maximum atomic E-state index is 12.3. The summed E-state index contributed by atoms with van der Waals surface area (Å²) in [5.74, 6) is -1.13. The van der Waals surface area contributed by atoms with E-state index in [1.807, 2.05) is 0 Å². The number of carboxylic acid groups (broad SMARTS) is 1. The van der Waals surface area contributed by atoms with E-state index in [2.05, 4.69) is 0 Å². The highest BCUT2D eigenvalue weighted by atomic mass is 16.4. The highest BCUT2D eigenvalue weighted by Crippen LogP contribution is 2.18. The number of piperidine rings is 1. The Balaban J connectivity index is 1.88. The molecule has 1 fully saturated rings. The van der Waals surface area contributed by atoms with E-state index in [-0.39, 0.29) is 17.6 Å². The van der Waals surface area contributed by atoms with Crippen LogP contribution in [0.2, 0.25) is 0 Å². The molecule has 1 heterocycles. The number of nitrogens with zero attached hydrogens (tertiary/aromatic N) is 1. The van der Waals surface area contributed by atoms with E-state index in [1.165, 1.54) is 0 Å². The first-order valence-electron chi connectivity index (χ1n) is 7.02. The van der Waals surface area contributed by atoms with Crippen LogP contribution in [0.15, 0.2) is 24.3 Å². The molecular formula is C15H20N2O4. The highest BCUT2D eigenvalue weighted by Gasteiger charge is 2.29. The zero-order valence-corrected chi connectivity index (χ0v) is 11.7. The zero-order valence-electron chi connectivity index (χ0n) is 11.7. The minimum Gasteiger partial charge on any atom is -0.508 e. The molecule has 1 aliphatic heterocycles. The number of nitrogens with two attached hydrogens (primary N) is 1. The maximum Gasteiger partial charge on any atom is 0.306 e. The fourth-order valence-corrected chi connectivity index (χ4v) is 2.55. The van der Waals surface area contributed by atoms with Gasteiger partial charge in [-0.25, -0.2) is 0 Å². The predicted molar refractivity (Wildman–Crippen MR) is 76.7 cm³/mol. The number of rotatable bonds is 4. The molecule has 0 saturated carbocycles. The largest absolute Gasteiger partial charge is 0.508 e. The molecule has 1 saturated heterocycles. The number of likely N-dealkylation sites (tertiary alicyclic amines) is 1. The van der Waals surface area contributed by atoms with Crippen molar-refractivity contribution < 1.29 is 19.8 Å². The van der Waals surface area contributed by atoms with E-state index < -0.39 is 12.0 Å². The van der Waals surface area contributed by atoms with Crippen LogP contribution in [-0.4, -0.2) is 46.1 Å². The van der Waals surface area contributed by atoms with Crippen LogP contribution in [0.1, 0.15) is 18.4 Å². The number of carboxylic acids is 1. The molecule has 1 aromatic rings. The smallest absolute Gasteiger partial charge is 0.306 e. The molecule has 0 bridgehead atoms. The summed E-state index contributed by atoms with van der Waals surface area (Å²) in [6, 6.07) is 5.95. The van der Waals surface area contributed by atoms with Crippen LogP contribution in [0.25, 0.3) is 0 Å². The number of carbonyl (C=O) groups excluding carboxylic acids is 1. The van der Waals surface area contributed by atoms with Crippen molar-refractivity contribution in [3.8, 4) is 5.75 Å². The summed E-state index contributed by atoms with van der Waals surface area (Å²) in [7, 11) is 0. The van der Waals surface area contributed by atoms with Gasteiger partial charge in [0.2, 0.25) is 5.91 Å². The molecule has 0 radical (unpaired) electrons. The number of amides is 1. The molecule has 2 rings (SSSR count). The fraction of sp³-hybridized carbons (Fsp3) is 0.467. The van der Waals surface area contributed by atoms with Crippen molar-refractivity contribution in [2.45, 2.75) is 25.3 Å². The molecule has 0 aliphatic carbocycles. The second-order valence-corrected chi connectivity index (χ2v) is 5.41. The highest BCUT2D eigenvalue weighted by molar-refractivity contribution is 5.82. The summed E-state index contributed by atoms with van der Waals surface area (Å²) < 4.78 is 0. The number of aliphatic carboxylic acids is 1. The SMILES string of the molecule is NC(Cc1ccc(O)cc1)C(=O)N1CCC(C(=O)O)CC1. The molecule has 6 heteroatoms. The van der Waals surface area contributed by atoms with Crippen LogP contribution in [0.4, 0.5) is 0 Å². The molecule has 114 valence electrons. The first kappa shape index (κ1) is 15.3. The summed E-state index contributed by atoms with van der Waals surface area (Å²) in [5.41, 5.74) is 6.83. The van der Waals surface area contributed by atoms with Crippen LogP contribution in [-0.2, 0) is 16.0 Å². The molecule has 6 nitrogen and oxygen atoms in total. The lowest BCUT2D eigenvalue weighted by molar-refractivity contribution is -0.146. The third-order valence-corrected chi connectivity index (χ3v) is 3.87. The Bertz CT molecular complexity index is 507. The topological polar surface area (TPSA) is 104 Å². The second kappa shape index (κ2) is 6.58. The number of aromatic hydroxyl groups is 1. The normalized spacial score (nSPS) is 17.5. The lowest BCUT2D eigenvalue weighted by Gasteiger charge is -2.32. The Hall–Kier alpha value is -2.08. The van der Waals surface area contributed by atoms with E-state index in [0.717, 1.165) is 5.56 Å². The van der Waals surface area contributed by atoms with E-state index >= 15 is 0 Å². The number of phenolic OH excluding ortho intramolecular Hbond substituents is 1. The first-order valence-corrected chi connectivity index (χ1v) is 7.02. The van der Waals surface area contributed by atoms with Crippen molar-refractivity contribution in [2.24, 2.45) is 11.7 Å². The second-order valence-electron chi connectivity index (χ2n) is 5.41. The standard InChI is InChI=1S/C15H20N2O4/c16-13(9-10-1-3-12(18)4-2-10)14(19)17-7-5-11(6-8-17)15(20)21/h1-4,11,13,18H,5-9,16H2,(H,20,21). The Morgan fingerprint density at radius 3 is 2.33 bits per heavy atom. The quantitative estimate of drug-likeness (QED) is 0.753. The minimum atomic E-state index is -0.796. The molecular weight excluding hydrogens is 272 g/mol. The molecule has 21 heavy (non-hydrogen) atoms. The average Bonchev–Trinajstić information content (AvgIpc) is 2.49. The van der Waals surface area contributed by atoms with Crippen molar-refractivity contribution in [3.63, 3.8) is 0 Å². The number of benzene rings is 1. The number of carbonyl (C=O) groups is 2. The van der Waals surface area contributed by atoms with E-state index in [9.17, 15) is 14.7 Å². The van der Waals surface area contributed by atoms with Gasteiger partial charge in [-0.05, 0) is 37.0 Å². The molecule has 1 unspecified atom stereocenters. The third-order valence-electron chi connectivity index (χ3n) is 3.87. The molecule has 1 aromatic carbocycles. The lowest BCUT2D eigenvalue weighted by atomic mass is 9.96. The van der Waals surface area contributed by atoms with Crippen LogP contribution in [0, 0.1) is 5.92 Å². The average molecular weight is 292 g/mol. The van der Waals surface area contributed by atoms with Crippen molar-refractivity contribution in [3.05, 3.63) is 29.8 Å². The number of phenols is 1. The van der Waals surface area contributed by atoms with Crippen molar-refractivity contribution >= 4 is 11.9 Å². The summed E-state index contributed by atoms with van der Waals surface area (Å²) in [5, 5.41) is 18.2. The van der Waals surface area contributed by atoms with Crippen LogP contribution >= 0.6 is 0 Å². The summed E-state index contributed by atoms with van der Waals surface area (Å²) in [4.78, 5) is 24.8. The minimum absolute atomic E-state index is 0.146. The van der Waals surface area contributed by atoms with Gasteiger partial charge in [-0.3, -0.25) is 9.59 Å². The van der Waals surface area contributed by atoms with Crippen molar-refractivity contribution in [1.82, 2.24) is 4.90 Å². The monoisotopic (exact) mass is 292 g/mol. The molecule has 1 atom stereocenters. The Kier molecular flexibility index (Phi) is 4.80. The van der Waals surface area contributed by atoms with Gasteiger partial charge in [0.25, 0.3) is 0 Å². The van der Waals surface area contributed by atoms with Gasteiger partial charge in [0.1, 0.15) is 5.75 Å². The van der Waals surface area contributed by atoms with E-state index in [0.29, 0.717) is 32.4 Å². The van der Waals surface area contributed by atoms with Gasteiger partial charge in [-0.15, -0.1) is 0 Å². The van der Waals surface area contributed by atoms with Gasteiger partial charge >= 0.3 is 5.97 Å². The molecule has 1 aliphatic rings. The van der Waals surface area contributed by atoms with Gasteiger partial charge in [0, 0.05) is 13.1 Å². The molecule has 0 spiro atoms. The Morgan fingerprint density at radius 2 is 1.81 bits per heavy atom. The van der Waals surface area contributed by atoms with Crippen LogP contribution in [0.3, 0.4) is 0 Å². The molecule has 1 amide bonds. The predicted octanol–water partition coefficient (Wildman–Crippen LogP) is 0.585. The van der Waals surface area contributed by atoms with Gasteiger partial charge < -0.3 is 20.8 Å². The lowest BCUT2D eigenvalue weighted by Crippen LogP contribution is -2.48. The molecule has 4 N–H and O–H groups in total. The van der Waals surface area contributed by atoms with Crippen LogP contribution < -0.4 is 5.73 Å². The summed E-state index contributed by atoms with van der Waals surface area (Å²) in [6.07, 6.45) is 1.36. The van der Waals surface area contributed by atoms with Gasteiger partial charge in [-0.2, -0.15) is 0 Å². The summed E-state index contributed by atoms with van der Waals surface area (Å²) in [6.45, 7) is 0.887. The van der Waals surface area contributed by atoms with E-state index in [1.54, 1.807) is 29.2 Å². The zero-order chi connectivity index (χ0) is 15.4. The Labute approximate surface area is 123 Å². The number of hydrogen-bond acceptors (Lipinski definition) is 4. The summed E-state index contributed by atoms with van der Waals surface area (Å²) >= 11 is 0. The maximum absolute atomic E-state index is 12.3. The van der Waals surface area contributed by atoms with Gasteiger partial charge in [-0.1, -0.05) is 12.1 Å². The fourth-order valence-electron chi connectivity index (χ4n) is 2.55. The van der Waals surface area contributed by atoms with Crippen LogP contribution in [0.5, 0.6) is 5.75 Å². The van der Waals surface area contributed by atoms with Gasteiger partial charge in [0.05, 0.1) is 12.0 Å². The van der Waals surface area contributed by atoms with E-state index in [4.69, 9.17) is 10.8 Å².